The molecule has 0 radical (unpaired) electrons. The Morgan fingerprint density at radius 3 is 2.70 bits per heavy atom. The second-order valence-corrected chi connectivity index (χ2v) is 5.15. The van der Waals surface area contributed by atoms with E-state index in [1.54, 1.807) is 13.2 Å². The number of fused-ring (bicyclic) bond motifs is 1. The fraction of sp³-hybridized carbons (Fsp3) is 0.438. The fourth-order valence-corrected chi connectivity index (χ4v) is 2.22. The minimum absolute atomic E-state index is 0.305. The molecule has 0 unspecified atom stereocenters. The molecular weight excluding hydrogens is 255 g/mol. The number of pyridine rings is 1. The molecule has 1 aromatic heterocycles. The number of anilines is 1. The predicted molar refractivity (Wildman–Crippen MR) is 81.1 cm³/mol. The summed E-state index contributed by atoms with van der Waals surface area (Å²) in [6.45, 7) is 7.12. The van der Waals surface area contributed by atoms with Gasteiger partial charge in [0.25, 0.3) is 0 Å². The van der Waals surface area contributed by atoms with E-state index >= 15 is 0 Å². The third kappa shape index (κ3) is 2.69. The highest BCUT2D eigenvalue weighted by molar-refractivity contribution is 5.88. The van der Waals surface area contributed by atoms with Crippen LogP contribution in [0.5, 0.6) is 5.75 Å². The number of halogens is 1. The van der Waals surface area contributed by atoms with Gasteiger partial charge in [-0.25, -0.2) is 9.37 Å². The number of hydrogen-bond donors (Lipinski definition) is 1. The van der Waals surface area contributed by atoms with Crippen LogP contribution >= 0.6 is 0 Å². The standard InChI is InChI=1S/C16H21FN2O/c1-5-8-18-16-11(10(2)3)9-12-14(20-4)7-6-13(17)15(12)19-16/h6-7,9-10H,5,8H2,1-4H3,(H,18,19). The summed E-state index contributed by atoms with van der Waals surface area (Å²) in [6, 6.07) is 5.02. The summed E-state index contributed by atoms with van der Waals surface area (Å²) in [5.41, 5.74) is 1.43. The highest BCUT2D eigenvalue weighted by Crippen LogP contribution is 2.33. The molecule has 1 heterocycles. The van der Waals surface area contributed by atoms with Crippen LogP contribution in [0.4, 0.5) is 10.2 Å². The first kappa shape index (κ1) is 14.6. The van der Waals surface area contributed by atoms with Crippen LogP contribution in [0.1, 0.15) is 38.7 Å². The zero-order chi connectivity index (χ0) is 14.7. The van der Waals surface area contributed by atoms with Crippen LogP contribution in [-0.2, 0) is 0 Å². The largest absolute Gasteiger partial charge is 0.496 e. The molecule has 108 valence electrons. The van der Waals surface area contributed by atoms with E-state index in [2.05, 4.69) is 31.1 Å². The third-order valence-corrected chi connectivity index (χ3v) is 3.31. The van der Waals surface area contributed by atoms with Gasteiger partial charge < -0.3 is 10.1 Å². The van der Waals surface area contributed by atoms with Gasteiger partial charge in [0.15, 0.2) is 0 Å². The normalized spacial score (nSPS) is 11.1. The molecule has 1 N–H and O–H groups in total. The molecule has 20 heavy (non-hydrogen) atoms. The number of ether oxygens (including phenoxy) is 1. The molecule has 0 fully saturated rings. The second kappa shape index (κ2) is 6.07. The summed E-state index contributed by atoms with van der Waals surface area (Å²) >= 11 is 0. The highest BCUT2D eigenvalue weighted by Gasteiger charge is 2.15. The quantitative estimate of drug-likeness (QED) is 0.882. The summed E-state index contributed by atoms with van der Waals surface area (Å²) in [5, 5.41) is 4.00. The van der Waals surface area contributed by atoms with Crippen molar-refractivity contribution in [1.29, 1.82) is 0 Å². The maximum Gasteiger partial charge on any atom is 0.149 e. The van der Waals surface area contributed by atoms with Crippen LogP contribution in [0, 0.1) is 5.82 Å². The molecule has 2 aromatic rings. The van der Waals surface area contributed by atoms with Crippen LogP contribution in [-0.4, -0.2) is 18.6 Å². The molecule has 1 aromatic carbocycles. The first-order valence-corrected chi connectivity index (χ1v) is 6.99. The SMILES string of the molecule is CCCNc1nc2c(F)ccc(OC)c2cc1C(C)C. The lowest BCUT2D eigenvalue weighted by Crippen LogP contribution is -2.07. The van der Waals surface area contributed by atoms with E-state index in [0.29, 0.717) is 17.2 Å². The van der Waals surface area contributed by atoms with Crippen LogP contribution in [0.15, 0.2) is 18.2 Å². The Morgan fingerprint density at radius 1 is 1.35 bits per heavy atom. The van der Waals surface area contributed by atoms with Crippen molar-refractivity contribution < 1.29 is 9.13 Å². The van der Waals surface area contributed by atoms with Gasteiger partial charge in [-0.15, -0.1) is 0 Å². The molecule has 3 nitrogen and oxygen atoms in total. The van der Waals surface area contributed by atoms with E-state index in [0.717, 1.165) is 29.7 Å². The molecule has 0 saturated heterocycles. The number of benzene rings is 1. The van der Waals surface area contributed by atoms with E-state index < -0.39 is 0 Å². The molecule has 0 aliphatic rings. The molecule has 4 heteroatoms. The van der Waals surface area contributed by atoms with Gasteiger partial charge >= 0.3 is 0 Å². The maximum atomic E-state index is 14.0. The minimum Gasteiger partial charge on any atom is -0.496 e. The van der Waals surface area contributed by atoms with Crippen LogP contribution in [0.25, 0.3) is 10.9 Å². The first-order chi connectivity index (χ1) is 9.58. The van der Waals surface area contributed by atoms with Gasteiger partial charge in [0.1, 0.15) is 22.9 Å². The molecule has 2 rings (SSSR count). The zero-order valence-electron chi connectivity index (χ0n) is 12.5. The molecule has 0 saturated carbocycles. The van der Waals surface area contributed by atoms with Crippen molar-refractivity contribution in [3.05, 3.63) is 29.6 Å². The minimum atomic E-state index is -0.323. The molecule has 0 aliphatic heterocycles. The van der Waals surface area contributed by atoms with Crippen molar-refractivity contribution in [2.75, 3.05) is 19.0 Å². The smallest absolute Gasteiger partial charge is 0.149 e. The average Bonchev–Trinajstić information content (AvgIpc) is 2.45. The number of methoxy groups -OCH3 is 1. The van der Waals surface area contributed by atoms with E-state index in [1.807, 2.05) is 6.07 Å². The Hall–Kier alpha value is -1.84. The van der Waals surface area contributed by atoms with Gasteiger partial charge in [-0.05, 0) is 36.1 Å². The summed E-state index contributed by atoms with van der Waals surface area (Å²) < 4.78 is 19.3. The molecular formula is C16H21FN2O. The number of nitrogens with one attached hydrogen (secondary N) is 1. The molecule has 0 amide bonds. The number of rotatable bonds is 5. The zero-order valence-corrected chi connectivity index (χ0v) is 12.5. The van der Waals surface area contributed by atoms with Crippen LogP contribution in [0.3, 0.4) is 0 Å². The van der Waals surface area contributed by atoms with Crippen LogP contribution < -0.4 is 10.1 Å². The van der Waals surface area contributed by atoms with Crippen molar-refractivity contribution in [1.82, 2.24) is 4.98 Å². The Balaban J connectivity index is 2.67. The van der Waals surface area contributed by atoms with Gasteiger partial charge in [0, 0.05) is 11.9 Å². The van der Waals surface area contributed by atoms with Crippen molar-refractivity contribution in [3.63, 3.8) is 0 Å². The van der Waals surface area contributed by atoms with Gasteiger partial charge in [0.05, 0.1) is 7.11 Å². The predicted octanol–water partition coefficient (Wildman–Crippen LogP) is 4.33. The molecule has 0 bridgehead atoms. The highest BCUT2D eigenvalue weighted by atomic mass is 19.1. The summed E-state index contributed by atoms with van der Waals surface area (Å²) in [4.78, 5) is 4.48. The van der Waals surface area contributed by atoms with E-state index in [4.69, 9.17) is 4.74 Å². The Kier molecular flexibility index (Phi) is 4.42. The van der Waals surface area contributed by atoms with E-state index in [1.165, 1.54) is 6.07 Å². The molecule has 0 spiro atoms. The summed E-state index contributed by atoms with van der Waals surface area (Å²) in [5.74, 6) is 1.40. The number of nitrogens with zero attached hydrogens (tertiary/aromatic N) is 1. The number of aromatic nitrogens is 1. The van der Waals surface area contributed by atoms with Crippen molar-refractivity contribution in [2.24, 2.45) is 0 Å². The first-order valence-electron chi connectivity index (χ1n) is 6.99. The van der Waals surface area contributed by atoms with E-state index in [9.17, 15) is 4.39 Å². The second-order valence-electron chi connectivity index (χ2n) is 5.15. The lowest BCUT2D eigenvalue weighted by molar-refractivity contribution is 0.419. The van der Waals surface area contributed by atoms with Crippen molar-refractivity contribution in [3.8, 4) is 5.75 Å². The Morgan fingerprint density at radius 2 is 2.10 bits per heavy atom. The monoisotopic (exact) mass is 276 g/mol. The topological polar surface area (TPSA) is 34.2 Å². The van der Waals surface area contributed by atoms with Crippen molar-refractivity contribution >= 4 is 16.7 Å². The lowest BCUT2D eigenvalue weighted by Gasteiger charge is -2.16. The van der Waals surface area contributed by atoms with Gasteiger partial charge in [-0.1, -0.05) is 20.8 Å². The lowest BCUT2D eigenvalue weighted by atomic mass is 10.0. The van der Waals surface area contributed by atoms with Crippen molar-refractivity contribution in [2.45, 2.75) is 33.1 Å². The van der Waals surface area contributed by atoms with Gasteiger partial charge in [-0.2, -0.15) is 0 Å². The summed E-state index contributed by atoms with van der Waals surface area (Å²) in [7, 11) is 1.59. The van der Waals surface area contributed by atoms with Gasteiger partial charge in [-0.3, -0.25) is 0 Å². The molecule has 0 atom stereocenters. The average molecular weight is 276 g/mol. The fourth-order valence-electron chi connectivity index (χ4n) is 2.22. The third-order valence-electron chi connectivity index (χ3n) is 3.31. The number of hydrogen-bond acceptors (Lipinski definition) is 3. The van der Waals surface area contributed by atoms with Gasteiger partial charge in [0.2, 0.25) is 0 Å². The molecule has 0 aliphatic carbocycles. The maximum absolute atomic E-state index is 14.0. The van der Waals surface area contributed by atoms with Crippen LogP contribution in [0.2, 0.25) is 0 Å². The summed E-state index contributed by atoms with van der Waals surface area (Å²) in [6.07, 6.45) is 0.998. The Bertz CT molecular complexity index is 611. The van der Waals surface area contributed by atoms with E-state index in [-0.39, 0.29) is 5.82 Å². The Labute approximate surface area is 119 Å².